The van der Waals surface area contributed by atoms with E-state index >= 15 is 0 Å². The van der Waals surface area contributed by atoms with Gasteiger partial charge in [-0.25, -0.2) is 17.9 Å². The van der Waals surface area contributed by atoms with Crippen molar-refractivity contribution in [1.29, 1.82) is 0 Å². The summed E-state index contributed by atoms with van der Waals surface area (Å²) in [5, 5.41) is 8.49. The van der Waals surface area contributed by atoms with Gasteiger partial charge in [-0.15, -0.1) is 0 Å². The van der Waals surface area contributed by atoms with E-state index in [9.17, 15) is 18.0 Å². The first-order valence-corrected chi connectivity index (χ1v) is 7.16. The number of ether oxygens (including phenoxy) is 1. The molecule has 0 aliphatic carbocycles. The molecule has 110 valence electrons. The second-order valence-corrected chi connectivity index (χ2v) is 5.77. The van der Waals surface area contributed by atoms with Crippen molar-refractivity contribution in [2.24, 2.45) is 0 Å². The summed E-state index contributed by atoms with van der Waals surface area (Å²) in [6.45, 7) is 1.45. The quantitative estimate of drug-likeness (QED) is 0.742. The number of carbonyl (C=O) groups excluding carboxylic acids is 1. The number of benzene rings is 1. The molecule has 1 rings (SSSR count). The van der Waals surface area contributed by atoms with E-state index in [2.05, 4.69) is 9.46 Å². The number of carboxylic acid groups (broad SMARTS) is 1. The fraction of sp³-hybridized carbons (Fsp3) is 0.333. The van der Waals surface area contributed by atoms with Crippen molar-refractivity contribution in [3.05, 3.63) is 29.3 Å². The zero-order valence-electron chi connectivity index (χ0n) is 11.0. The van der Waals surface area contributed by atoms with Gasteiger partial charge in [-0.3, -0.25) is 4.79 Å². The average Bonchev–Trinajstić information content (AvgIpc) is 2.36. The number of carboxylic acids is 1. The Balaban J connectivity index is 3.11. The Morgan fingerprint density at radius 3 is 2.55 bits per heavy atom. The third kappa shape index (κ3) is 4.04. The van der Waals surface area contributed by atoms with Crippen molar-refractivity contribution < 1.29 is 27.9 Å². The summed E-state index contributed by atoms with van der Waals surface area (Å²) < 4.78 is 30.8. The van der Waals surface area contributed by atoms with Crippen molar-refractivity contribution in [3.8, 4) is 0 Å². The third-order valence-corrected chi connectivity index (χ3v) is 3.98. The molecule has 0 fully saturated rings. The first kappa shape index (κ1) is 16.1. The topological polar surface area (TPSA) is 110 Å². The molecule has 0 bridgehead atoms. The average molecular weight is 301 g/mol. The van der Waals surface area contributed by atoms with Gasteiger partial charge in [0.15, 0.2) is 0 Å². The predicted molar refractivity (Wildman–Crippen MR) is 70.0 cm³/mol. The zero-order chi connectivity index (χ0) is 15.3. The Hall–Kier alpha value is -1.93. The van der Waals surface area contributed by atoms with Gasteiger partial charge in [0.2, 0.25) is 10.0 Å². The van der Waals surface area contributed by atoms with Crippen LogP contribution in [0.3, 0.4) is 0 Å². The molecule has 8 heteroatoms. The number of methoxy groups -OCH3 is 1. The number of hydrogen-bond donors (Lipinski definition) is 2. The Kier molecular flexibility index (Phi) is 5.23. The molecule has 0 aliphatic rings. The van der Waals surface area contributed by atoms with Crippen LogP contribution >= 0.6 is 0 Å². The third-order valence-electron chi connectivity index (χ3n) is 2.46. The number of aryl methyl sites for hydroxylation is 1. The molecule has 0 saturated heterocycles. The molecular weight excluding hydrogens is 286 g/mol. The summed E-state index contributed by atoms with van der Waals surface area (Å²) in [7, 11) is -2.82. The lowest BCUT2D eigenvalue weighted by atomic mass is 10.1. The minimum Gasteiger partial charge on any atom is -0.481 e. The van der Waals surface area contributed by atoms with E-state index in [1.807, 2.05) is 0 Å². The monoisotopic (exact) mass is 301 g/mol. The van der Waals surface area contributed by atoms with E-state index < -0.39 is 22.0 Å². The number of aliphatic carboxylic acids is 1. The van der Waals surface area contributed by atoms with Crippen molar-refractivity contribution in [1.82, 2.24) is 4.72 Å². The molecule has 0 atom stereocenters. The van der Waals surface area contributed by atoms with E-state index in [0.29, 0.717) is 5.56 Å². The highest BCUT2D eigenvalue weighted by Crippen LogP contribution is 2.18. The van der Waals surface area contributed by atoms with Crippen molar-refractivity contribution in [2.75, 3.05) is 13.7 Å². The molecule has 1 aromatic carbocycles. The van der Waals surface area contributed by atoms with Crippen LogP contribution in [0.5, 0.6) is 0 Å². The molecule has 0 saturated carbocycles. The maximum absolute atomic E-state index is 12.1. The first-order chi connectivity index (χ1) is 9.27. The molecule has 2 N–H and O–H groups in total. The molecule has 7 nitrogen and oxygen atoms in total. The van der Waals surface area contributed by atoms with Gasteiger partial charge in [-0.1, -0.05) is 11.6 Å². The molecule has 0 aromatic heterocycles. The van der Waals surface area contributed by atoms with Gasteiger partial charge in [0, 0.05) is 6.54 Å². The van der Waals surface area contributed by atoms with E-state index in [0.717, 1.165) is 7.11 Å². The lowest BCUT2D eigenvalue weighted by Gasteiger charge is -2.10. The van der Waals surface area contributed by atoms with Gasteiger partial charge >= 0.3 is 11.9 Å². The van der Waals surface area contributed by atoms with Crippen LogP contribution in [0.2, 0.25) is 0 Å². The molecule has 0 spiro atoms. The zero-order valence-corrected chi connectivity index (χ0v) is 11.9. The van der Waals surface area contributed by atoms with Crippen LogP contribution in [0, 0.1) is 6.92 Å². The fourth-order valence-electron chi connectivity index (χ4n) is 1.52. The van der Waals surface area contributed by atoms with Gasteiger partial charge in [0.05, 0.1) is 24.0 Å². The standard InChI is InChI=1S/C12H15NO6S/c1-8-3-4-10(9(7-8)12(16)19-2)20(17,18)13-6-5-11(14)15/h3-4,7,13H,5-6H2,1-2H3,(H,14,15). The van der Waals surface area contributed by atoms with Gasteiger partial charge in [0.25, 0.3) is 0 Å². The van der Waals surface area contributed by atoms with Crippen LogP contribution in [-0.2, 0) is 19.6 Å². The van der Waals surface area contributed by atoms with E-state index in [-0.39, 0.29) is 23.4 Å². The molecule has 0 aliphatic heterocycles. The number of carbonyl (C=O) groups is 2. The van der Waals surface area contributed by atoms with E-state index in [1.165, 1.54) is 18.2 Å². The largest absolute Gasteiger partial charge is 0.481 e. The summed E-state index contributed by atoms with van der Waals surface area (Å²) in [5.41, 5.74) is 0.616. The highest BCUT2D eigenvalue weighted by molar-refractivity contribution is 7.89. The number of esters is 1. The number of hydrogen-bond acceptors (Lipinski definition) is 5. The maximum Gasteiger partial charge on any atom is 0.339 e. The molecule has 0 radical (unpaired) electrons. The van der Waals surface area contributed by atoms with Crippen LogP contribution < -0.4 is 4.72 Å². The summed E-state index contributed by atoms with van der Waals surface area (Å²) in [5.74, 6) is -1.89. The Labute approximate surface area is 116 Å². The van der Waals surface area contributed by atoms with Crippen LogP contribution in [0.25, 0.3) is 0 Å². The highest BCUT2D eigenvalue weighted by atomic mass is 32.2. The summed E-state index contributed by atoms with van der Waals surface area (Å²) in [6.07, 6.45) is -0.349. The molecule has 20 heavy (non-hydrogen) atoms. The molecule has 0 heterocycles. The molecule has 1 aromatic rings. The second-order valence-electron chi connectivity index (χ2n) is 4.03. The van der Waals surface area contributed by atoms with Gasteiger partial charge in [0.1, 0.15) is 0 Å². The lowest BCUT2D eigenvalue weighted by Crippen LogP contribution is -2.28. The number of rotatable bonds is 6. The fourth-order valence-corrected chi connectivity index (χ4v) is 2.72. The smallest absolute Gasteiger partial charge is 0.339 e. The minimum absolute atomic E-state index is 0.0877. The van der Waals surface area contributed by atoms with Crippen molar-refractivity contribution >= 4 is 22.0 Å². The van der Waals surface area contributed by atoms with Crippen LogP contribution in [-0.4, -0.2) is 39.1 Å². The molecule has 0 amide bonds. The predicted octanol–water partition coefficient (Wildman–Crippen LogP) is 0.535. The number of nitrogens with one attached hydrogen (secondary N) is 1. The van der Waals surface area contributed by atoms with Crippen LogP contribution in [0.15, 0.2) is 23.1 Å². The summed E-state index contributed by atoms with van der Waals surface area (Å²) >= 11 is 0. The normalized spacial score (nSPS) is 11.1. The van der Waals surface area contributed by atoms with Gasteiger partial charge < -0.3 is 9.84 Å². The second kappa shape index (κ2) is 6.49. The SMILES string of the molecule is COC(=O)c1cc(C)ccc1S(=O)(=O)NCCC(=O)O. The summed E-state index contributed by atoms with van der Waals surface area (Å²) in [6, 6.07) is 4.22. The van der Waals surface area contributed by atoms with E-state index in [4.69, 9.17) is 5.11 Å². The Bertz CT molecular complexity index is 623. The van der Waals surface area contributed by atoms with Gasteiger partial charge in [-0.2, -0.15) is 0 Å². The van der Waals surface area contributed by atoms with Crippen molar-refractivity contribution in [2.45, 2.75) is 18.2 Å². The first-order valence-electron chi connectivity index (χ1n) is 5.68. The Morgan fingerprint density at radius 2 is 2.00 bits per heavy atom. The lowest BCUT2D eigenvalue weighted by molar-refractivity contribution is -0.136. The summed E-state index contributed by atoms with van der Waals surface area (Å²) in [4.78, 5) is 21.7. The van der Waals surface area contributed by atoms with Crippen LogP contribution in [0.1, 0.15) is 22.3 Å². The van der Waals surface area contributed by atoms with Crippen LogP contribution in [0.4, 0.5) is 0 Å². The maximum atomic E-state index is 12.1. The number of sulfonamides is 1. The van der Waals surface area contributed by atoms with Crippen molar-refractivity contribution in [3.63, 3.8) is 0 Å². The minimum atomic E-state index is -3.97. The highest BCUT2D eigenvalue weighted by Gasteiger charge is 2.23. The molecular formula is C12H15NO6S. The van der Waals surface area contributed by atoms with Gasteiger partial charge in [-0.05, 0) is 19.1 Å². The Morgan fingerprint density at radius 1 is 1.35 bits per heavy atom. The van der Waals surface area contributed by atoms with E-state index in [1.54, 1.807) is 6.92 Å². The molecule has 0 unspecified atom stereocenters.